The summed E-state index contributed by atoms with van der Waals surface area (Å²) in [6.45, 7) is -1.53. The molecule has 74 valence electrons. The van der Waals surface area contributed by atoms with Gasteiger partial charge in [0.2, 0.25) is 0 Å². The molecule has 12 heavy (non-hydrogen) atoms. The lowest BCUT2D eigenvalue weighted by Crippen LogP contribution is -2.34. The summed E-state index contributed by atoms with van der Waals surface area (Å²) in [5.41, 5.74) is 0. The van der Waals surface area contributed by atoms with Gasteiger partial charge in [0.05, 0.1) is 13.2 Å². The SMILES string of the molecule is O=P(O)(O)OC(CO)C(O)CO. The van der Waals surface area contributed by atoms with Gasteiger partial charge in [0, 0.05) is 0 Å². The van der Waals surface area contributed by atoms with Crippen LogP contribution in [0.1, 0.15) is 0 Å². The molecule has 0 aliphatic rings. The van der Waals surface area contributed by atoms with Gasteiger partial charge in [0.15, 0.2) is 0 Å². The summed E-state index contributed by atoms with van der Waals surface area (Å²) < 4.78 is 14.1. The van der Waals surface area contributed by atoms with Gasteiger partial charge in [-0.1, -0.05) is 0 Å². The third kappa shape index (κ3) is 4.78. The zero-order valence-corrected chi connectivity index (χ0v) is 6.96. The van der Waals surface area contributed by atoms with Crippen molar-refractivity contribution in [2.45, 2.75) is 12.2 Å². The van der Waals surface area contributed by atoms with Crippen molar-refractivity contribution in [2.24, 2.45) is 0 Å². The van der Waals surface area contributed by atoms with Crippen molar-refractivity contribution in [2.75, 3.05) is 13.2 Å². The molecule has 0 saturated heterocycles. The van der Waals surface area contributed by atoms with Crippen molar-refractivity contribution >= 4 is 7.82 Å². The van der Waals surface area contributed by atoms with Crippen LogP contribution in [0.2, 0.25) is 0 Å². The molecular formula is C4H11O7P. The maximum Gasteiger partial charge on any atom is 0.470 e. The van der Waals surface area contributed by atoms with E-state index >= 15 is 0 Å². The Morgan fingerprint density at radius 1 is 1.25 bits per heavy atom. The molecule has 0 aliphatic heterocycles. The van der Waals surface area contributed by atoms with Gasteiger partial charge in [-0.15, -0.1) is 0 Å². The van der Waals surface area contributed by atoms with Crippen LogP contribution < -0.4 is 0 Å². The molecule has 0 spiro atoms. The Labute approximate surface area is 68.5 Å². The normalized spacial score (nSPS) is 17.4. The number of rotatable bonds is 5. The van der Waals surface area contributed by atoms with E-state index in [1.807, 2.05) is 0 Å². The maximum atomic E-state index is 10.2. The molecule has 0 fully saturated rings. The molecule has 0 aliphatic carbocycles. The van der Waals surface area contributed by atoms with Crippen molar-refractivity contribution < 1.29 is 34.2 Å². The first kappa shape index (κ1) is 12.0. The van der Waals surface area contributed by atoms with Gasteiger partial charge < -0.3 is 25.1 Å². The first-order valence-corrected chi connectivity index (χ1v) is 4.57. The van der Waals surface area contributed by atoms with Gasteiger partial charge in [-0.3, -0.25) is 4.52 Å². The monoisotopic (exact) mass is 202 g/mol. The van der Waals surface area contributed by atoms with Crippen LogP contribution in [-0.2, 0) is 9.09 Å². The first-order chi connectivity index (χ1) is 5.40. The Morgan fingerprint density at radius 3 is 2.00 bits per heavy atom. The molecule has 2 unspecified atom stereocenters. The van der Waals surface area contributed by atoms with E-state index in [1.165, 1.54) is 0 Å². The first-order valence-electron chi connectivity index (χ1n) is 3.04. The third-order valence-electron chi connectivity index (χ3n) is 1.07. The molecule has 8 heteroatoms. The number of hydrogen-bond donors (Lipinski definition) is 5. The van der Waals surface area contributed by atoms with Crippen LogP contribution in [0.15, 0.2) is 0 Å². The lowest BCUT2D eigenvalue weighted by atomic mass is 10.2. The minimum Gasteiger partial charge on any atom is -0.394 e. The van der Waals surface area contributed by atoms with Gasteiger partial charge in [0.25, 0.3) is 0 Å². The smallest absolute Gasteiger partial charge is 0.394 e. The van der Waals surface area contributed by atoms with Crippen LogP contribution in [0.3, 0.4) is 0 Å². The minimum absolute atomic E-state index is 0.745. The van der Waals surface area contributed by atoms with Gasteiger partial charge >= 0.3 is 7.82 Å². The fraction of sp³-hybridized carbons (Fsp3) is 1.00. The number of hydrogen-bond acceptors (Lipinski definition) is 5. The van der Waals surface area contributed by atoms with Gasteiger partial charge in [-0.2, -0.15) is 0 Å². The van der Waals surface area contributed by atoms with Crippen molar-refractivity contribution in [1.29, 1.82) is 0 Å². The molecule has 0 aromatic heterocycles. The van der Waals surface area contributed by atoms with E-state index in [2.05, 4.69) is 4.52 Å². The summed E-state index contributed by atoms with van der Waals surface area (Å²) >= 11 is 0. The second-order valence-electron chi connectivity index (χ2n) is 2.07. The quantitative estimate of drug-likeness (QED) is 0.320. The zero-order chi connectivity index (χ0) is 9.78. The van der Waals surface area contributed by atoms with Crippen molar-refractivity contribution in [1.82, 2.24) is 0 Å². The molecule has 0 saturated carbocycles. The predicted octanol–water partition coefficient (Wildman–Crippen LogP) is -2.19. The highest BCUT2D eigenvalue weighted by molar-refractivity contribution is 7.46. The number of aliphatic hydroxyl groups excluding tert-OH is 3. The number of phosphoric acid groups is 1. The number of phosphoric ester groups is 1. The van der Waals surface area contributed by atoms with Crippen LogP contribution >= 0.6 is 7.82 Å². The second kappa shape index (κ2) is 4.88. The lowest BCUT2D eigenvalue weighted by Gasteiger charge is -2.19. The van der Waals surface area contributed by atoms with E-state index in [1.54, 1.807) is 0 Å². The Balaban J connectivity index is 4.09. The molecule has 5 N–H and O–H groups in total. The Morgan fingerprint density at radius 2 is 1.75 bits per heavy atom. The van der Waals surface area contributed by atoms with E-state index in [0.717, 1.165) is 0 Å². The highest BCUT2D eigenvalue weighted by Crippen LogP contribution is 2.37. The molecule has 0 rings (SSSR count). The fourth-order valence-corrected chi connectivity index (χ4v) is 1.08. The van der Waals surface area contributed by atoms with Crippen molar-refractivity contribution in [3.8, 4) is 0 Å². The summed E-state index contributed by atoms with van der Waals surface area (Å²) in [4.78, 5) is 16.5. The van der Waals surface area contributed by atoms with Crippen LogP contribution in [0.4, 0.5) is 0 Å². The molecule has 0 aromatic carbocycles. The topological polar surface area (TPSA) is 127 Å². The van der Waals surface area contributed by atoms with E-state index in [4.69, 9.17) is 25.1 Å². The lowest BCUT2D eigenvalue weighted by molar-refractivity contribution is -0.0370. The standard InChI is InChI=1S/C4H11O7P/c5-1-3(7)4(2-6)11-12(8,9)10/h3-7H,1-2H2,(H2,8,9,10). The van der Waals surface area contributed by atoms with E-state index < -0.39 is 33.2 Å². The summed E-state index contributed by atoms with van der Waals surface area (Å²) in [6.07, 6.45) is -2.99. The average molecular weight is 202 g/mol. The molecule has 0 heterocycles. The molecule has 0 bridgehead atoms. The van der Waals surface area contributed by atoms with E-state index in [9.17, 15) is 4.57 Å². The van der Waals surface area contributed by atoms with E-state index in [0.29, 0.717) is 0 Å². The molecule has 2 atom stereocenters. The van der Waals surface area contributed by atoms with Crippen LogP contribution in [0.25, 0.3) is 0 Å². The fourth-order valence-electron chi connectivity index (χ4n) is 0.519. The van der Waals surface area contributed by atoms with Crippen molar-refractivity contribution in [3.05, 3.63) is 0 Å². The van der Waals surface area contributed by atoms with Crippen LogP contribution in [-0.4, -0.2) is 50.5 Å². The van der Waals surface area contributed by atoms with Gasteiger partial charge in [-0.25, -0.2) is 4.57 Å². The Hall–Kier alpha value is -0.0100. The highest BCUT2D eigenvalue weighted by Gasteiger charge is 2.27. The molecule has 0 aromatic rings. The van der Waals surface area contributed by atoms with Crippen molar-refractivity contribution in [3.63, 3.8) is 0 Å². The third-order valence-corrected chi connectivity index (χ3v) is 1.61. The van der Waals surface area contributed by atoms with Gasteiger partial charge in [-0.05, 0) is 0 Å². The molecular weight excluding hydrogens is 191 g/mol. The summed E-state index contributed by atoms with van der Waals surface area (Å²) in [6, 6.07) is 0. The Bertz CT molecular complexity index is 165. The summed E-state index contributed by atoms with van der Waals surface area (Å²) in [5.74, 6) is 0. The largest absolute Gasteiger partial charge is 0.470 e. The molecule has 7 nitrogen and oxygen atoms in total. The molecule has 0 amide bonds. The predicted molar refractivity (Wildman–Crippen MR) is 37.1 cm³/mol. The Kier molecular flexibility index (Phi) is 4.88. The second-order valence-corrected chi connectivity index (χ2v) is 3.26. The molecule has 0 radical (unpaired) electrons. The average Bonchev–Trinajstić information content (AvgIpc) is 1.97. The minimum atomic E-state index is -4.74. The van der Waals surface area contributed by atoms with Crippen LogP contribution in [0.5, 0.6) is 0 Å². The summed E-state index contributed by atoms with van der Waals surface area (Å²) in [5, 5.41) is 25.6. The zero-order valence-electron chi connectivity index (χ0n) is 6.07. The number of aliphatic hydroxyl groups is 3. The van der Waals surface area contributed by atoms with Gasteiger partial charge in [0.1, 0.15) is 12.2 Å². The maximum absolute atomic E-state index is 10.2. The van der Waals surface area contributed by atoms with E-state index in [-0.39, 0.29) is 0 Å². The highest BCUT2D eigenvalue weighted by atomic mass is 31.2. The van der Waals surface area contributed by atoms with Crippen LogP contribution in [0, 0.1) is 0 Å². The summed E-state index contributed by atoms with van der Waals surface area (Å²) in [7, 11) is -4.74.